The first-order valence-corrected chi connectivity index (χ1v) is 8.22. The van der Waals surface area contributed by atoms with Crippen molar-refractivity contribution in [2.24, 2.45) is 0 Å². The summed E-state index contributed by atoms with van der Waals surface area (Å²) < 4.78 is 1.91. The number of thiophene rings is 1. The first-order chi connectivity index (χ1) is 10.2. The predicted molar refractivity (Wildman–Crippen MR) is 83.6 cm³/mol. The molecule has 2 aromatic heterocycles. The van der Waals surface area contributed by atoms with Crippen molar-refractivity contribution >= 4 is 17.2 Å². The SMILES string of the molecule is C[C@@H](NC(=O)c1ccn([C@@H]2CCCNC2)n1)c1cccs1. The van der Waals surface area contributed by atoms with Gasteiger partial charge in [0.25, 0.3) is 5.91 Å². The number of hydrogen-bond acceptors (Lipinski definition) is 4. The minimum atomic E-state index is -0.113. The van der Waals surface area contributed by atoms with Gasteiger partial charge in [-0.2, -0.15) is 5.10 Å². The molecule has 1 aliphatic heterocycles. The summed E-state index contributed by atoms with van der Waals surface area (Å²) in [5.41, 5.74) is 0.490. The third kappa shape index (κ3) is 3.33. The summed E-state index contributed by atoms with van der Waals surface area (Å²) in [7, 11) is 0. The first kappa shape index (κ1) is 14.3. The van der Waals surface area contributed by atoms with Crippen molar-refractivity contribution in [2.45, 2.75) is 31.8 Å². The largest absolute Gasteiger partial charge is 0.343 e. The Balaban J connectivity index is 1.63. The monoisotopic (exact) mass is 304 g/mol. The molecule has 1 saturated heterocycles. The van der Waals surface area contributed by atoms with E-state index in [1.54, 1.807) is 17.4 Å². The highest BCUT2D eigenvalue weighted by atomic mass is 32.1. The van der Waals surface area contributed by atoms with Crippen molar-refractivity contribution in [3.8, 4) is 0 Å². The number of amides is 1. The molecule has 112 valence electrons. The highest BCUT2D eigenvalue weighted by Crippen LogP contribution is 2.19. The minimum Gasteiger partial charge on any atom is -0.343 e. The van der Waals surface area contributed by atoms with Gasteiger partial charge in [-0.25, -0.2) is 0 Å². The summed E-state index contributed by atoms with van der Waals surface area (Å²) in [6, 6.07) is 6.19. The topological polar surface area (TPSA) is 59.0 Å². The van der Waals surface area contributed by atoms with Crippen LogP contribution < -0.4 is 10.6 Å². The van der Waals surface area contributed by atoms with Crippen LogP contribution in [0.1, 0.15) is 47.2 Å². The molecule has 2 N–H and O–H groups in total. The molecule has 21 heavy (non-hydrogen) atoms. The lowest BCUT2D eigenvalue weighted by atomic mass is 10.1. The second-order valence-corrected chi connectivity index (χ2v) is 6.37. The molecule has 2 aromatic rings. The summed E-state index contributed by atoms with van der Waals surface area (Å²) in [5.74, 6) is -0.113. The molecule has 0 radical (unpaired) electrons. The molecule has 1 aliphatic rings. The zero-order valence-corrected chi connectivity index (χ0v) is 12.9. The van der Waals surface area contributed by atoms with Crippen LogP contribution in [0.15, 0.2) is 29.8 Å². The van der Waals surface area contributed by atoms with E-state index in [9.17, 15) is 4.79 Å². The van der Waals surface area contributed by atoms with E-state index in [0.29, 0.717) is 11.7 Å². The standard InChI is InChI=1S/C15H20N4OS/c1-11(14-5-3-9-21-14)17-15(20)13-6-8-19(18-13)12-4-2-7-16-10-12/h3,5-6,8-9,11-12,16H,2,4,7,10H2,1H3,(H,17,20)/t11-,12-/m1/s1. The molecule has 0 unspecified atom stereocenters. The molecule has 0 saturated carbocycles. The predicted octanol–water partition coefficient (Wildman–Crippen LogP) is 2.36. The van der Waals surface area contributed by atoms with E-state index in [1.807, 2.05) is 35.3 Å². The number of rotatable bonds is 4. The Kier molecular flexibility index (Phi) is 4.36. The lowest BCUT2D eigenvalue weighted by Crippen LogP contribution is -2.32. The van der Waals surface area contributed by atoms with Crippen molar-refractivity contribution in [2.75, 3.05) is 13.1 Å². The Bertz CT molecular complexity index is 587. The van der Waals surface area contributed by atoms with Crippen molar-refractivity contribution in [1.82, 2.24) is 20.4 Å². The molecule has 1 amide bonds. The van der Waals surface area contributed by atoms with Crippen LogP contribution in [0, 0.1) is 0 Å². The highest BCUT2D eigenvalue weighted by Gasteiger charge is 2.19. The lowest BCUT2D eigenvalue weighted by molar-refractivity contribution is 0.0934. The molecule has 6 heteroatoms. The Labute approximate surface area is 128 Å². The van der Waals surface area contributed by atoms with Crippen molar-refractivity contribution in [1.29, 1.82) is 0 Å². The number of carbonyl (C=O) groups excluding carboxylic acids is 1. The van der Waals surface area contributed by atoms with Crippen LogP contribution in [0.5, 0.6) is 0 Å². The maximum atomic E-state index is 12.2. The minimum absolute atomic E-state index is 0.0130. The van der Waals surface area contributed by atoms with Crippen LogP contribution in [-0.4, -0.2) is 28.8 Å². The maximum absolute atomic E-state index is 12.2. The molecule has 0 spiro atoms. The van der Waals surface area contributed by atoms with E-state index >= 15 is 0 Å². The molecular weight excluding hydrogens is 284 g/mol. The third-order valence-corrected chi connectivity index (χ3v) is 4.86. The van der Waals surface area contributed by atoms with Crippen molar-refractivity contribution in [3.05, 3.63) is 40.3 Å². The molecule has 0 aliphatic carbocycles. The highest BCUT2D eigenvalue weighted by molar-refractivity contribution is 7.10. The Morgan fingerprint density at radius 1 is 1.57 bits per heavy atom. The number of nitrogens with zero attached hydrogens (tertiary/aromatic N) is 2. The molecule has 0 bridgehead atoms. The zero-order valence-electron chi connectivity index (χ0n) is 12.1. The zero-order chi connectivity index (χ0) is 14.7. The Hall–Kier alpha value is -1.66. The second kappa shape index (κ2) is 6.41. The van der Waals surface area contributed by atoms with Crippen LogP contribution in [0.2, 0.25) is 0 Å². The smallest absolute Gasteiger partial charge is 0.272 e. The van der Waals surface area contributed by atoms with Crippen molar-refractivity contribution < 1.29 is 4.79 Å². The summed E-state index contributed by atoms with van der Waals surface area (Å²) in [5, 5.41) is 12.8. The quantitative estimate of drug-likeness (QED) is 0.911. The third-order valence-electron chi connectivity index (χ3n) is 3.80. The molecule has 2 atom stereocenters. The van der Waals surface area contributed by atoms with Gasteiger partial charge in [-0.05, 0) is 43.8 Å². The fourth-order valence-electron chi connectivity index (χ4n) is 2.60. The van der Waals surface area contributed by atoms with Gasteiger partial charge in [0.05, 0.1) is 12.1 Å². The molecular formula is C15H20N4OS. The lowest BCUT2D eigenvalue weighted by Gasteiger charge is -2.22. The molecule has 5 nitrogen and oxygen atoms in total. The average molecular weight is 304 g/mol. The van der Waals surface area contributed by atoms with Gasteiger partial charge < -0.3 is 10.6 Å². The number of aromatic nitrogens is 2. The average Bonchev–Trinajstić information content (AvgIpc) is 3.20. The van der Waals surface area contributed by atoms with Crippen LogP contribution >= 0.6 is 11.3 Å². The van der Waals surface area contributed by atoms with Gasteiger partial charge in [-0.3, -0.25) is 9.48 Å². The van der Waals surface area contributed by atoms with E-state index in [4.69, 9.17) is 0 Å². The van der Waals surface area contributed by atoms with Gasteiger partial charge in [0, 0.05) is 17.6 Å². The first-order valence-electron chi connectivity index (χ1n) is 7.34. The van der Waals surface area contributed by atoms with E-state index in [0.717, 1.165) is 30.8 Å². The Morgan fingerprint density at radius 3 is 3.19 bits per heavy atom. The number of nitrogens with one attached hydrogen (secondary N) is 2. The second-order valence-electron chi connectivity index (χ2n) is 5.39. The fourth-order valence-corrected chi connectivity index (χ4v) is 3.34. The van der Waals surface area contributed by atoms with Gasteiger partial charge >= 0.3 is 0 Å². The van der Waals surface area contributed by atoms with Gasteiger partial charge in [-0.1, -0.05) is 6.07 Å². The molecule has 3 rings (SSSR count). The van der Waals surface area contributed by atoms with E-state index in [-0.39, 0.29) is 11.9 Å². The fraction of sp³-hybridized carbons (Fsp3) is 0.467. The number of carbonyl (C=O) groups is 1. The van der Waals surface area contributed by atoms with Crippen LogP contribution in [0.3, 0.4) is 0 Å². The number of piperidine rings is 1. The van der Waals surface area contributed by atoms with Crippen molar-refractivity contribution in [3.63, 3.8) is 0 Å². The van der Waals surface area contributed by atoms with Gasteiger partial charge in [0.2, 0.25) is 0 Å². The maximum Gasteiger partial charge on any atom is 0.272 e. The van der Waals surface area contributed by atoms with Gasteiger partial charge in [0.15, 0.2) is 0 Å². The summed E-state index contributed by atoms with van der Waals surface area (Å²) >= 11 is 1.65. The summed E-state index contributed by atoms with van der Waals surface area (Å²) in [6.45, 7) is 3.99. The molecule has 3 heterocycles. The van der Waals surface area contributed by atoms with Crippen LogP contribution in [0.25, 0.3) is 0 Å². The normalized spacial score (nSPS) is 20.1. The summed E-state index contributed by atoms with van der Waals surface area (Å²) in [6.07, 6.45) is 4.17. The molecule has 1 fully saturated rings. The van der Waals surface area contributed by atoms with Crippen LogP contribution in [-0.2, 0) is 0 Å². The van der Waals surface area contributed by atoms with Gasteiger partial charge in [-0.15, -0.1) is 11.3 Å². The molecule has 0 aromatic carbocycles. The number of hydrogen-bond donors (Lipinski definition) is 2. The Morgan fingerprint density at radius 2 is 2.48 bits per heavy atom. The van der Waals surface area contributed by atoms with E-state index < -0.39 is 0 Å². The van der Waals surface area contributed by atoms with Gasteiger partial charge in [0.1, 0.15) is 5.69 Å². The van der Waals surface area contributed by atoms with E-state index in [1.165, 1.54) is 0 Å². The summed E-state index contributed by atoms with van der Waals surface area (Å²) in [4.78, 5) is 13.4. The van der Waals surface area contributed by atoms with E-state index in [2.05, 4.69) is 15.7 Å². The van der Waals surface area contributed by atoms with Crippen LogP contribution in [0.4, 0.5) is 0 Å².